The van der Waals surface area contributed by atoms with Crippen LogP contribution in [0.1, 0.15) is 30.9 Å². The predicted molar refractivity (Wildman–Crippen MR) is 94.2 cm³/mol. The molecule has 0 spiro atoms. The van der Waals surface area contributed by atoms with E-state index in [9.17, 15) is 14.7 Å². The molecule has 6 nitrogen and oxygen atoms in total. The number of allylic oxidation sites excluding steroid dienone is 1. The van der Waals surface area contributed by atoms with Gasteiger partial charge in [0.2, 0.25) is 5.88 Å². The van der Waals surface area contributed by atoms with Crippen LogP contribution in [-0.2, 0) is 4.74 Å². The second-order valence-corrected chi connectivity index (χ2v) is 5.80. The van der Waals surface area contributed by atoms with Crippen molar-refractivity contribution in [3.05, 3.63) is 68.4 Å². The van der Waals surface area contributed by atoms with Crippen molar-refractivity contribution >= 4 is 5.57 Å². The van der Waals surface area contributed by atoms with E-state index in [1.807, 2.05) is 37.3 Å². The lowest BCUT2D eigenvalue weighted by atomic mass is 10.0. The summed E-state index contributed by atoms with van der Waals surface area (Å²) in [5.74, 6) is 5.67. The predicted octanol–water partition coefficient (Wildman–Crippen LogP) is 1.77. The molecule has 1 aromatic heterocycles. The molecule has 25 heavy (non-hydrogen) atoms. The number of aromatic amines is 2. The van der Waals surface area contributed by atoms with Gasteiger partial charge in [0.25, 0.3) is 5.56 Å². The first-order valence-electron chi connectivity index (χ1n) is 8.00. The standard InChI is InChI=1S/C19H18N2O4/c1-12-15(25-12)11-14(16-17(22)20-19(24)21-18(16)23)10-6-5-9-13-7-3-2-4-8-13/h2-4,7-8,11-12,15H,6,10H2,1H3,(H3,20,21,22,23,24)/b14-11-. The first kappa shape index (κ1) is 16.8. The van der Waals surface area contributed by atoms with Crippen LogP contribution >= 0.6 is 0 Å². The molecule has 2 aromatic rings. The molecule has 128 valence electrons. The van der Waals surface area contributed by atoms with E-state index in [0.717, 1.165) is 5.56 Å². The van der Waals surface area contributed by atoms with Crippen LogP contribution in [0.5, 0.6) is 5.88 Å². The normalized spacial score (nSPS) is 19.2. The minimum absolute atomic E-state index is 0.0591. The highest BCUT2D eigenvalue weighted by molar-refractivity contribution is 5.69. The molecule has 1 aliphatic rings. The Morgan fingerprint density at radius 3 is 2.64 bits per heavy atom. The van der Waals surface area contributed by atoms with Crippen molar-refractivity contribution in [2.24, 2.45) is 0 Å². The van der Waals surface area contributed by atoms with E-state index < -0.39 is 17.1 Å². The van der Waals surface area contributed by atoms with Gasteiger partial charge in [-0.1, -0.05) is 30.0 Å². The number of benzene rings is 1. The fraction of sp³-hybridized carbons (Fsp3) is 0.263. The van der Waals surface area contributed by atoms with Gasteiger partial charge in [-0.25, -0.2) is 4.79 Å². The topological polar surface area (TPSA) is 98.5 Å². The number of H-pyrrole nitrogens is 2. The Bertz CT molecular complexity index is 961. The number of epoxide rings is 1. The Labute approximate surface area is 144 Å². The van der Waals surface area contributed by atoms with Gasteiger partial charge >= 0.3 is 5.69 Å². The van der Waals surface area contributed by atoms with Crippen molar-refractivity contribution < 1.29 is 9.84 Å². The van der Waals surface area contributed by atoms with Crippen LogP contribution in [0.15, 0.2) is 46.0 Å². The van der Waals surface area contributed by atoms with E-state index in [1.54, 1.807) is 6.08 Å². The smallest absolute Gasteiger partial charge is 0.328 e. The summed E-state index contributed by atoms with van der Waals surface area (Å²) in [6.07, 6.45) is 2.74. The number of nitrogens with one attached hydrogen (secondary N) is 2. The van der Waals surface area contributed by atoms with Crippen LogP contribution in [0.4, 0.5) is 0 Å². The fourth-order valence-electron chi connectivity index (χ4n) is 2.52. The third kappa shape index (κ3) is 4.28. The maximum Gasteiger partial charge on any atom is 0.328 e. The average molecular weight is 338 g/mol. The van der Waals surface area contributed by atoms with Gasteiger partial charge in [0, 0.05) is 12.0 Å². The van der Waals surface area contributed by atoms with Crippen molar-refractivity contribution in [3.8, 4) is 17.7 Å². The third-order valence-electron chi connectivity index (χ3n) is 3.89. The summed E-state index contributed by atoms with van der Waals surface area (Å²) in [6.45, 7) is 1.92. The van der Waals surface area contributed by atoms with Gasteiger partial charge in [0.15, 0.2) is 0 Å². The second kappa shape index (κ2) is 7.24. The molecule has 1 saturated heterocycles. The van der Waals surface area contributed by atoms with Crippen LogP contribution in [0.25, 0.3) is 5.57 Å². The van der Waals surface area contributed by atoms with E-state index in [0.29, 0.717) is 18.4 Å². The van der Waals surface area contributed by atoms with Crippen molar-refractivity contribution in [2.75, 3.05) is 0 Å². The Kier molecular flexibility index (Phi) is 4.87. The van der Waals surface area contributed by atoms with Crippen LogP contribution in [-0.4, -0.2) is 27.3 Å². The molecule has 1 aromatic carbocycles. The Morgan fingerprint density at radius 2 is 2.00 bits per heavy atom. The summed E-state index contributed by atoms with van der Waals surface area (Å²) in [5.41, 5.74) is 0.203. The lowest BCUT2D eigenvalue weighted by Gasteiger charge is -2.06. The zero-order valence-electron chi connectivity index (χ0n) is 13.7. The SMILES string of the molecule is CC1OC1/C=C(/CCC#Cc1ccccc1)c1c(O)[nH]c(=O)[nH]c1=O. The van der Waals surface area contributed by atoms with Gasteiger partial charge in [-0.05, 0) is 37.1 Å². The van der Waals surface area contributed by atoms with Crippen LogP contribution in [0.3, 0.4) is 0 Å². The van der Waals surface area contributed by atoms with Crippen molar-refractivity contribution in [3.63, 3.8) is 0 Å². The highest BCUT2D eigenvalue weighted by Crippen LogP contribution is 2.29. The van der Waals surface area contributed by atoms with E-state index in [1.165, 1.54) is 0 Å². The van der Waals surface area contributed by atoms with Gasteiger partial charge in [-0.2, -0.15) is 0 Å². The summed E-state index contributed by atoms with van der Waals surface area (Å²) >= 11 is 0. The van der Waals surface area contributed by atoms with Crippen molar-refractivity contribution in [2.45, 2.75) is 32.0 Å². The number of aromatic nitrogens is 2. The fourth-order valence-corrected chi connectivity index (χ4v) is 2.52. The van der Waals surface area contributed by atoms with Gasteiger partial charge < -0.3 is 9.84 Å². The Morgan fingerprint density at radius 1 is 1.28 bits per heavy atom. The molecule has 0 radical (unpaired) electrons. The molecule has 0 saturated carbocycles. The first-order chi connectivity index (χ1) is 12.0. The average Bonchev–Trinajstić information content (AvgIpc) is 3.26. The molecular formula is C19H18N2O4. The molecule has 1 fully saturated rings. The monoisotopic (exact) mass is 338 g/mol. The molecule has 2 heterocycles. The van der Waals surface area contributed by atoms with Gasteiger partial charge in [0.05, 0.1) is 6.10 Å². The van der Waals surface area contributed by atoms with E-state index in [4.69, 9.17) is 4.74 Å². The lowest BCUT2D eigenvalue weighted by Crippen LogP contribution is -2.24. The molecule has 1 aliphatic heterocycles. The van der Waals surface area contributed by atoms with Gasteiger partial charge in [0.1, 0.15) is 11.7 Å². The van der Waals surface area contributed by atoms with Crippen LogP contribution in [0, 0.1) is 11.8 Å². The zero-order valence-corrected chi connectivity index (χ0v) is 13.7. The van der Waals surface area contributed by atoms with Crippen molar-refractivity contribution in [1.29, 1.82) is 0 Å². The summed E-state index contributed by atoms with van der Waals surface area (Å²) in [4.78, 5) is 27.7. The Hall–Kier alpha value is -3.04. The number of hydrogen-bond donors (Lipinski definition) is 3. The minimum atomic E-state index is -0.745. The summed E-state index contributed by atoms with van der Waals surface area (Å²) in [6, 6.07) is 9.59. The van der Waals surface area contributed by atoms with Gasteiger partial charge in [-0.15, -0.1) is 0 Å². The van der Waals surface area contributed by atoms with Crippen molar-refractivity contribution in [1.82, 2.24) is 9.97 Å². The van der Waals surface area contributed by atoms with E-state index >= 15 is 0 Å². The summed E-state index contributed by atoms with van der Waals surface area (Å²) < 4.78 is 5.37. The third-order valence-corrected chi connectivity index (χ3v) is 3.89. The maximum absolute atomic E-state index is 12.1. The summed E-state index contributed by atoms with van der Waals surface area (Å²) in [7, 11) is 0. The number of hydrogen-bond acceptors (Lipinski definition) is 4. The molecule has 0 aliphatic carbocycles. The Balaban J connectivity index is 1.82. The number of rotatable bonds is 4. The molecule has 3 N–H and O–H groups in total. The van der Waals surface area contributed by atoms with Crippen LogP contribution in [0.2, 0.25) is 0 Å². The zero-order chi connectivity index (χ0) is 17.8. The second-order valence-electron chi connectivity index (χ2n) is 5.80. The molecule has 3 rings (SSSR count). The molecule has 2 atom stereocenters. The number of ether oxygens (including phenoxy) is 1. The van der Waals surface area contributed by atoms with Crippen LogP contribution < -0.4 is 11.2 Å². The van der Waals surface area contributed by atoms with E-state index in [2.05, 4.69) is 21.8 Å². The van der Waals surface area contributed by atoms with E-state index in [-0.39, 0.29) is 17.8 Å². The highest BCUT2D eigenvalue weighted by Gasteiger charge is 2.32. The number of aromatic hydroxyl groups is 1. The highest BCUT2D eigenvalue weighted by atomic mass is 16.6. The summed E-state index contributed by atoms with van der Waals surface area (Å²) in [5, 5.41) is 9.98. The molecule has 2 unspecified atom stereocenters. The maximum atomic E-state index is 12.1. The van der Waals surface area contributed by atoms with Gasteiger partial charge in [-0.3, -0.25) is 14.8 Å². The molecule has 6 heteroatoms. The molecule has 0 bridgehead atoms. The lowest BCUT2D eigenvalue weighted by molar-refractivity contribution is 0.400. The molecular weight excluding hydrogens is 320 g/mol. The largest absolute Gasteiger partial charge is 0.494 e. The molecule has 0 amide bonds. The minimum Gasteiger partial charge on any atom is -0.494 e. The first-order valence-corrected chi connectivity index (χ1v) is 8.00. The quantitative estimate of drug-likeness (QED) is 0.584.